The van der Waals surface area contributed by atoms with Gasteiger partial charge in [0.2, 0.25) is 5.95 Å². The van der Waals surface area contributed by atoms with Gasteiger partial charge in [-0.15, -0.1) is 0 Å². The average molecular weight is 275 g/mol. The summed E-state index contributed by atoms with van der Waals surface area (Å²) in [4.78, 5) is 14.3. The Hall–Kier alpha value is -1.20. The SMILES string of the molecule is Cc1nc(N2CCN(CCN)CC2)nc2c1CCCC2. The summed E-state index contributed by atoms with van der Waals surface area (Å²) >= 11 is 0. The number of nitrogens with zero attached hydrogens (tertiary/aromatic N) is 4. The van der Waals surface area contributed by atoms with Crippen LogP contribution in [0.15, 0.2) is 0 Å². The number of fused-ring (bicyclic) bond motifs is 1. The summed E-state index contributed by atoms with van der Waals surface area (Å²) < 4.78 is 0. The van der Waals surface area contributed by atoms with Gasteiger partial charge in [0, 0.05) is 50.7 Å². The van der Waals surface area contributed by atoms with E-state index in [1.807, 2.05) is 0 Å². The first-order valence-electron chi connectivity index (χ1n) is 7.81. The normalized spacial score (nSPS) is 20.0. The summed E-state index contributed by atoms with van der Waals surface area (Å²) in [5.74, 6) is 0.940. The van der Waals surface area contributed by atoms with E-state index in [2.05, 4.69) is 16.7 Å². The predicted molar refractivity (Wildman–Crippen MR) is 81.1 cm³/mol. The summed E-state index contributed by atoms with van der Waals surface area (Å²) in [6.07, 6.45) is 4.84. The van der Waals surface area contributed by atoms with E-state index in [-0.39, 0.29) is 0 Å². The molecule has 0 radical (unpaired) electrons. The van der Waals surface area contributed by atoms with E-state index in [9.17, 15) is 0 Å². The van der Waals surface area contributed by atoms with Gasteiger partial charge in [0.15, 0.2) is 0 Å². The Labute approximate surface area is 121 Å². The molecule has 0 unspecified atom stereocenters. The molecule has 2 heterocycles. The Morgan fingerprint density at radius 1 is 1.05 bits per heavy atom. The van der Waals surface area contributed by atoms with E-state index >= 15 is 0 Å². The molecule has 1 aliphatic carbocycles. The van der Waals surface area contributed by atoms with Crippen molar-refractivity contribution in [2.75, 3.05) is 44.2 Å². The lowest BCUT2D eigenvalue weighted by molar-refractivity contribution is 0.263. The third-order valence-corrected chi connectivity index (χ3v) is 4.48. The lowest BCUT2D eigenvalue weighted by atomic mass is 9.95. The zero-order valence-corrected chi connectivity index (χ0v) is 12.4. The molecule has 0 atom stereocenters. The van der Waals surface area contributed by atoms with Gasteiger partial charge in [-0.1, -0.05) is 0 Å². The molecule has 1 aliphatic heterocycles. The molecule has 0 bridgehead atoms. The van der Waals surface area contributed by atoms with Crippen molar-refractivity contribution in [1.82, 2.24) is 14.9 Å². The molecule has 20 heavy (non-hydrogen) atoms. The standard InChI is InChI=1S/C15H25N5/c1-12-13-4-2-3-5-14(13)18-15(17-12)20-10-8-19(7-6-16)9-11-20/h2-11,16H2,1H3. The van der Waals surface area contributed by atoms with Crippen LogP contribution >= 0.6 is 0 Å². The molecule has 1 aromatic rings. The molecule has 0 saturated carbocycles. The van der Waals surface area contributed by atoms with Crippen LogP contribution < -0.4 is 10.6 Å². The predicted octanol–water partition coefficient (Wildman–Crippen LogP) is 0.745. The second kappa shape index (κ2) is 6.06. The van der Waals surface area contributed by atoms with Crippen LogP contribution in [0.2, 0.25) is 0 Å². The minimum absolute atomic E-state index is 0.744. The molecular weight excluding hydrogens is 250 g/mol. The fourth-order valence-corrected chi connectivity index (χ4v) is 3.26. The van der Waals surface area contributed by atoms with Crippen molar-refractivity contribution < 1.29 is 0 Å². The van der Waals surface area contributed by atoms with Crippen LogP contribution in [0.25, 0.3) is 0 Å². The van der Waals surface area contributed by atoms with Gasteiger partial charge < -0.3 is 10.6 Å². The molecule has 110 valence electrons. The minimum Gasteiger partial charge on any atom is -0.338 e. The van der Waals surface area contributed by atoms with Crippen molar-refractivity contribution in [3.05, 3.63) is 17.0 Å². The number of rotatable bonds is 3. The Morgan fingerprint density at radius 2 is 1.80 bits per heavy atom. The smallest absolute Gasteiger partial charge is 0.225 e. The number of anilines is 1. The van der Waals surface area contributed by atoms with E-state index in [0.29, 0.717) is 0 Å². The lowest BCUT2D eigenvalue weighted by Gasteiger charge is -2.35. The first-order chi connectivity index (χ1) is 9.78. The molecule has 3 rings (SSSR count). The van der Waals surface area contributed by atoms with E-state index < -0.39 is 0 Å². The third kappa shape index (κ3) is 2.79. The fourth-order valence-electron chi connectivity index (χ4n) is 3.26. The molecule has 0 amide bonds. The quantitative estimate of drug-likeness (QED) is 0.882. The van der Waals surface area contributed by atoms with Crippen molar-refractivity contribution in [2.45, 2.75) is 32.6 Å². The topological polar surface area (TPSA) is 58.3 Å². The van der Waals surface area contributed by atoms with E-state index in [0.717, 1.165) is 58.1 Å². The number of aryl methyl sites for hydroxylation is 2. The van der Waals surface area contributed by atoms with Crippen LogP contribution in [-0.2, 0) is 12.8 Å². The van der Waals surface area contributed by atoms with Crippen LogP contribution in [-0.4, -0.2) is 54.1 Å². The van der Waals surface area contributed by atoms with Crippen LogP contribution in [0.4, 0.5) is 5.95 Å². The third-order valence-electron chi connectivity index (χ3n) is 4.48. The van der Waals surface area contributed by atoms with Gasteiger partial charge in [-0.25, -0.2) is 9.97 Å². The zero-order chi connectivity index (χ0) is 13.9. The van der Waals surface area contributed by atoms with Gasteiger partial charge in [0.05, 0.1) is 0 Å². The van der Waals surface area contributed by atoms with Crippen molar-refractivity contribution in [2.24, 2.45) is 5.73 Å². The maximum Gasteiger partial charge on any atom is 0.225 e. The summed E-state index contributed by atoms with van der Waals surface area (Å²) in [5, 5.41) is 0. The molecule has 1 aromatic heterocycles. The first kappa shape index (κ1) is 13.8. The molecular formula is C15H25N5. The van der Waals surface area contributed by atoms with Crippen molar-refractivity contribution in [1.29, 1.82) is 0 Å². The molecule has 5 nitrogen and oxygen atoms in total. The Kier molecular flexibility index (Phi) is 4.17. The molecule has 5 heteroatoms. The van der Waals surface area contributed by atoms with Crippen LogP contribution in [0.5, 0.6) is 0 Å². The first-order valence-corrected chi connectivity index (χ1v) is 7.81. The van der Waals surface area contributed by atoms with Crippen molar-refractivity contribution in [3.63, 3.8) is 0 Å². The van der Waals surface area contributed by atoms with E-state index in [4.69, 9.17) is 15.7 Å². The van der Waals surface area contributed by atoms with Gasteiger partial charge in [-0.3, -0.25) is 4.90 Å². The fraction of sp³-hybridized carbons (Fsp3) is 0.733. The molecule has 1 fully saturated rings. The summed E-state index contributed by atoms with van der Waals surface area (Å²) in [5.41, 5.74) is 9.51. The number of piperazine rings is 1. The highest BCUT2D eigenvalue weighted by Crippen LogP contribution is 2.24. The lowest BCUT2D eigenvalue weighted by Crippen LogP contribution is -2.48. The second-order valence-electron chi connectivity index (χ2n) is 5.86. The number of hydrogen-bond acceptors (Lipinski definition) is 5. The molecule has 0 aromatic carbocycles. The van der Waals surface area contributed by atoms with Gasteiger partial charge in [-0.05, 0) is 38.2 Å². The highest BCUT2D eigenvalue weighted by atomic mass is 15.3. The van der Waals surface area contributed by atoms with Crippen LogP contribution in [0.1, 0.15) is 29.8 Å². The maximum absolute atomic E-state index is 5.62. The summed E-state index contributed by atoms with van der Waals surface area (Å²) in [6, 6.07) is 0. The molecule has 0 spiro atoms. The summed E-state index contributed by atoms with van der Waals surface area (Å²) in [7, 11) is 0. The van der Waals surface area contributed by atoms with Crippen molar-refractivity contribution in [3.8, 4) is 0 Å². The van der Waals surface area contributed by atoms with Crippen LogP contribution in [0, 0.1) is 6.92 Å². The summed E-state index contributed by atoms with van der Waals surface area (Å²) in [6.45, 7) is 8.04. The molecule has 1 saturated heterocycles. The number of aromatic nitrogens is 2. The van der Waals surface area contributed by atoms with Crippen LogP contribution in [0.3, 0.4) is 0 Å². The van der Waals surface area contributed by atoms with Gasteiger partial charge in [-0.2, -0.15) is 0 Å². The Bertz CT molecular complexity index is 466. The highest BCUT2D eigenvalue weighted by Gasteiger charge is 2.21. The van der Waals surface area contributed by atoms with E-state index in [1.54, 1.807) is 0 Å². The Balaban J connectivity index is 1.73. The Morgan fingerprint density at radius 3 is 2.55 bits per heavy atom. The molecule has 2 N–H and O–H groups in total. The van der Waals surface area contributed by atoms with Gasteiger partial charge in [0.25, 0.3) is 0 Å². The average Bonchev–Trinajstić information content (AvgIpc) is 2.48. The second-order valence-corrected chi connectivity index (χ2v) is 5.86. The zero-order valence-electron chi connectivity index (χ0n) is 12.4. The highest BCUT2D eigenvalue weighted by molar-refractivity contribution is 5.38. The largest absolute Gasteiger partial charge is 0.338 e. The number of nitrogens with two attached hydrogens (primary N) is 1. The van der Waals surface area contributed by atoms with E-state index in [1.165, 1.54) is 29.8 Å². The monoisotopic (exact) mass is 275 g/mol. The van der Waals surface area contributed by atoms with Gasteiger partial charge in [0.1, 0.15) is 0 Å². The van der Waals surface area contributed by atoms with Gasteiger partial charge >= 0.3 is 0 Å². The van der Waals surface area contributed by atoms with Crippen molar-refractivity contribution >= 4 is 5.95 Å². The molecule has 2 aliphatic rings. The number of hydrogen-bond donors (Lipinski definition) is 1. The minimum atomic E-state index is 0.744. The maximum atomic E-state index is 5.62.